The summed E-state index contributed by atoms with van der Waals surface area (Å²) in [6, 6.07) is 5.12. The van der Waals surface area contributed by atoms with Gasteiger partial charge in [0.05, 0.1) is 24.7 Å². The van der Waals surface area contributed by atoms with E-state index in [-0.39, 0.29) is 5.97 Å². The topological polar surface area (TPSA) is 57.0 Å². The first-order valence-corrected chi connectivity index (χ1v) is 4.78. The summed E-state index contributed by atoms with van der Waals surface area (Å²) in [5.41, 5.74) is 2.03. The SMILES string of the molecule is C=CCn1nnc2ccc(C(=O)OC)cc21. The van der Waals surface area contributed by atoms with Gasteiger partial charge in [0, 0.05) is 0 Å². The van der Waals surface area contributed by atoms with Gasteiger partial charge in [0.2, 0.25) is 0 Å². The fourth-order valence-corrected chi connectivity index (χ4v) is 1.47. The monoisotopic (exact) mass is 217 g/mol. The van der Waals surface area contributed by atoms with Crippen LogP contribution in [0, 0.1) is 0 Å². The first kappa shape index (κ1) is 10.4. The number of ether oxygens (including phenoxy) is 1. The third-order valence-corrected chi connectivity index (χ3v) is 2.24. The number of nitrogens with zero attached hydrogens (tertiary/aromatic N) is 3. The van der Waals surface area contributed by atoms with Crippen molar-refractivity contribution in [1.29, 1.82) is 0 Å². The minimum Gasteiger partial charge on any atom is -0.465 e. The Hall–Kier alpha value is -2.17. The van der Waals surface area contributed by atoms with Gasteiger partial charge in [-0.05, 0) is 18.2 Å². The van der Waals surface area contributed by atoms with Crippen LogP contribution in [0.4, 0.5) is 0 Å². The van der Waals surface area contributed by atoms with Crippen LogP contribution >= 0.6 is 0 Å². The van der Waals surface area contributed by atoms with Crippen LogP contribution in [0.1, 0.15) is 10.4 Å². The van der Waals surface area contributed by atoms with Crippen molar-refractivity contribution >= 4 is 17.0 Å². The Morgan fingerprint density at radius 3 is 3.12 bits per heavy atom. The fourth-order valence-electron chi connectivity index (χ4n) is 1.47. The predicted octanol–water partition coefficient (Wildman–Crippen LogP) is 1.40. The summed E-state index contributed by atoms with van der Waals surface area (Å²) in [7, 11) is 1.35. The van der Waals surface area contributed by atoms with E-state index in [0.717, 1.165) is 11.0 Å². The zero-order valence-electron chi connectivity index (χ0n) is 8.88. The van der Waals surface area contributed by atoms with Crippen LogP contribution in [0.15, 0.2) is 30.9 Å². The molecule has 0 unspecified atom stereocenters. The molecule has 0 aliphatic rings. The summed E-state index contributed by atoms with van der Waals surface area (Å²) in [4.78, 5) is 11.4. The predicted molar refractivity (Wildman–Crippen MR) is 59.1 cm³/mol. The van der Waals surface area contributed by atoms with Crippen molar-refractivity contribution in [3.05, 3.63) is 36.4 Å². The number of hydrogen-bond donors (Lipinski definition) is 0. The Morgan fingerprint density at radius 1 is 1.62 bits per heavy atom. The lowest BCUT2D eigenvalue weighted by Gasteiger charge is -2.00. The van der Waals surface area contributed by atoms with E-state index in [9.17, 15) is 4.79 Å². The number of methoxy groups -OCH3 is 1. The quantitative estimate of drug-likeness (QED) is 0.576. The largest absolute Gasteiger partial charge is 0.465 e. The highest BCUT2D eigenvalue weighted by Crippen LogP contribution is 2.14. The van der Waals surface area contributed by atoms with E-state index >= 15 is 0 Å². The Morgan fingerprint density at radius 2 is 2.44 bits per heavy atom. The fraction of sp³-hybridized carbons (Fsp3) is 0.182. The second-order valence-electron chi connectivity index (χ2n) is 3.26. The van der Waals surface area contributed by atoms with Gasteiger partial charge >= 0.3 is 5.97 Å². The molecule has 5 heteroatoms. The molecule has 0 saturated heterocycles. The molecule has 1 heterocycles. The maximum absolute atomic E-state index is 11.4. The van der Waals surface area contributed by atoms with Crippen LogP contribution in [0.3, 0.4) is 0 Å². The molecule has 0 bridgehead atoms. The normalized spacial score (nSPS) is 10.3. The number of fused-ring (bicyclic) bond motifs is 1. The molecule has 2 rings (SSSR count). The lowest BCUT2D eigenvalue weighted by Crippen LogP contribution is -2.02. The van der Waals surface area contributed by atoms with Crippen molar-refractivity contribution in [1.82, 2.24) is 15.0 Å². The standard InChI is InChI=1S/C11H11N3O2/c1-3-6-14-10-7-8(11(15)16-2)4-5-9(10)12-13-14/h3-5,7H,1,6H2,2H3. The molecule has 0 N–H and O–H groups in total. The second-order valence-corrected chi connectivity index (χ2v) is 3.26. The summed E-state index contributed by atoms with van der Waals surface area (Å²) in [5, 5.41) is 7.93. The molecule has 5 nitrogen and oxygen atoms in total. The van der Waals surface area contributed by atoms with E-state index in [4.69, 9.17) is 0 Å². The van der Waals surface area contributed by atoms with Crippen molar-refractivity contribution in [3.8, 4) is 0 Å². The number of benzene rings is 1. The molecule has 0 aliphatic heterocycles. The van der Waals surface area contributed by atoms with Gasteiger partial charge in [-0.1, -0.05) is 11.3 Å². The van der Waals surface area contributed by atoms with Gasteiger partial charge in [-0.15, -0.1) is 11.7 Å². The molecule has 0 atom stereocenters. The molecular formula is C11H11N3O2. The Labute approximate surface area is 92.3 Å². The molecule has 0 saturated carbocycles. The summed E-state index contributed by atoms with van der Waals surface area (Å²) in [5.74, 6) is -0.367. The van der Waals surface area contributed by atoms with E-state index in [2.05, 4.69) is 21.6 Å². The molecule has 1 aromatic carbocycles. The number of esters is 1. The molecule has 0 fully saturated rings. The zero-order valence-corrected chi connectivity index (χ0v) is 8.88. The number of hydrogen-bond acceptors (Lipinski definition) is 4. The summed E-state index contributed by atoms with van der Waals surface area (Å²) < 4.78 is 6.33. The van der Waals surface area contributed by atoms with Crippen LogP contribution in [-0.2, 0) is 11.3 Å². The van der Waals surface area contributed by atoms with Crippen LogP contribution in [-0.4, -0.2) is 28.1 Å². The number of rotatable bonds is 3. The molecule has 82 valence electrons. The van der Waals surface area contributed by atoms with Crippen molar-refractivity contribution in [2.24, 2.45) is 0 Å². The number of aromatic nitrogens is 3. The first-order chi connectivity index (χ1) is 7.76. The van der Waals surface area contributed by atoms with Crippen molar-refractivity contribution < 1.29 is 9.53 Å². The van der Waals surface area contributed by atoms with Crippen LogP contribution in [0.25, 0.3) is 11.0 Å². The van der Waals surface area contributed by atoms with Crippen LogP contribution in [0.2, 0.25) is 0 Å². The highest BCUT2D eigenvalue weighted by molar-refractivity contribution is 5.93. The van der Waals surface area contributed by atoms with Gasteiger partial charge in [0.25, 0.3) is 0 Å². The van der Waals surface area contributed by atoms with Gasteiger partial charge in [-0.2, -0.15) is 0 Å². The minimum absolute atomic E-state index is 0.367. The van der Waals surface area contributed by atoms with Crippen molar-refractivity contribution in [2.75, 3.05) is 7.11 Å². The van der Waals surface area contributed by atoms with Gasteiger partial charge in [0.15, 0.2) is 0 Å². The maximum Gasteiger partial charge on any atom is 0.337 e. The van der Waals surface area contributed by atoms with E-state index in [1.165, 1.54) is 7.11 Å². The van der Waals surface area contributed by atoms with Crippen LogP contribution in [0.5, 0.6) is 0 Å². The number of carbonyl (C=O) groups excluding carboxylic acids is 1. The highest BCUT2D eigenvalue weighted by Gasteiger charge is 2.09. The van der Waals surface area contributed by atoms with Gasteiger partial charge < -0.3 is 4.74 Å². The summed E-state index contributed by atoms with van der Waals surface area (Å²) in [6.45, 7) is 4.19. The minimum atomic E-state index is -0.367. The van der Waals surface area contributed by atoms with Crippen molar-refractivity contribution in [3.63, 3.8) is 0 Å². The lowest BCUT2D eigenvalue weighted by molar-refractivity contribution is 0.0601. The van der Waals surface area contributed by atoms with E-state index in [0.29, 0.717) is 12.1 Å². The average Bonchev–Trinajstić information content (AvgIpc) is 2.71. The smallest absolute Gasteiger partial charge is 0.337 e. The summed E-state index contributed by atoms with van der Waals surface area (Å²) >= 11 is 0. The Kier molecular flexibility index (Phi) is 2.68. The molecule has 2 aromatic rings. The Bertz CT molecular complexity index is 545. The number of allylic oxidation sites excluding steroid dienone is 1. The average molecular weight is 217 g/mol. The van der Waals surface area contributed by atoms with E-state index in [1.807, 2.05) is 0 Å². The highest BCUT2D eigenvalue weighted by atomic mass is 16.5. The van der Waals surface area contributed by atoms with E-state index < -0.39 is 0 Å². The third-order valence-electron chi connectivity index (χ3n) is 2.24. The van der Waals surface area contributed by atoms with Gasteiger partial charge in [0.1, 0.15) is 5.52 Å². The Balaban J connectivity index is 2.53. The molecule has 16 heavy (non-hydrogen) atoms. The molecule has 0 radical (unpaired) electrons. The zero-order chi connectivity index (χ0) is 11.5. The summed E-state index contributed by atoms with van der Waals surface area (Å²) in [6.07, 6.45) is 1.72. The molecule has 0 amide bonds. The first-order valence-electron chi connectivity index (χ1n) is 4.78. The van der Waals surface area contributed by atoms with Gasteiger partial charge in [-0.25, -0.2) is 9.48 Å². The van der Waals surface area contributed by atoms with Gasteiger partial charge in [-0.3, -0.25) is 0 Å². The molecule has 1 aromatic heterocycles. The molecular weight excluding hydrogens is 206 g/mol. The van der Waals surface area contributed by atoms with Crippen molar-refractivity contribution in [2.45, 2.75) is 6.54 Å². The van der Waals surface area contributed by atoms with E-state index in [1.54, 1.807) is 29.0 Å². The molecule has 0 aliphatic carbocycles. The maximum atomic E-state index is 11.4. The third kappa shape index (κ3) is 1.67. The number of carbonyl (C=O) groups is 1. The second kappa shape index (κ2) is 4.14. The lowest BCUT2D eigenvalue weighted by atomic mass is 10.2. The molecule has 0 spiro atoms. The van der Waals surface area contributed by atoms with Crippen LogP contribution < -0.4 is 0 Å².